The van der Waals surface area contributed by atoms with Gasteiger partial charge in [-0.15, -0.1) is 0 Å². The Bertz CT molecular complexity index is 710. The van der Waals surface area contributed by atoms with Crippen LogP contribution in [0.3, 0.4) is 0 Å². The topological polar surface area (TPSA) is 53.1 Å². The van der Waals surface area contributed by atoms with Crippen LogP contribution in [-0.2, 0) is 6.42 Å². The molecule has 0 unspecified atom stereocenters. The van der Waals surface area contributed by atoms with Gasteiger partial charge in [-0.2, -0.15) is 0 Å². The number of unbranched alkanes of at least 4 members (excludes halogenated alkanes) is 6. The summed E-state index contributed by atoms with van der Waals surface area (Å²) in [4.78, 5) is 13.4. The highest BCUT2D eigenvalue weighted by Crippen LogP contribution is 2.27. The molecule has 1 aromatic carbocycles. The van der Waals surface area contributed by atoms with Crippen molar-refractivity contribution in [1.29, 1.82) is 0 Å². The van der Waals surface area contributed by atoms with Crippen LogP contribution in [0.2, 0.25) is 0 Å². The lowest BCUT2D eigenvalue weighted by atomic mass is 10.0. The van der Waals surface area contributed by atoms with E-state index in [1.165, 1.54) is 31.7 Å². The summed E-state index contributed by atoms with van der Waals surface area (Å²) in [6, 6.07) is 6.00. The Balaban J connectivity index is 2.00. The second-order valence-corrected chi connectivity index (χ2v) is 6.36. The number of benzene rings is 1. The third kappa shape index (κ3) is 5.15. The van der Waals surface area contributed by atoms with Gasteiger partial charge >= 0.3 is 5.97 Å². The van der Waals surface area contributed by atoms with E-state index in [0.29, 0.717) is 12.0 Å². The molecule has 2 rings (SSSR count). The molecule has 0 amide bonds. The van der Waals surface area contributed by atoms with Crippen LogP contribution in [-0.4, -0.2) is 16.1 Å². The van der Waals surface area contributed by atoms with E-state index < -0.39 is 23.3 Å². The van der Waals surface area contributed by atoms with Gasteiger partial charge in [0.1, 0.15) is 5.82 Å². The van der Waals surface area contributed by atoms with Crippen LogP contribution in [0, 0.1) is 11.6 Å². The van der Waals surface area contributed by atoms with Crippen molar-refractivity contribution in [2.75, 3.05) is 0 Å². The van der Waals surface area contributed by atoms with Crippen LogP contribution < -0.4 is 0 Å². The molecule has 0 bridgehead atoms. The summed E-state index contributed by atoms with van der Waals surface area (Å²) in [5.41, 5.74) is 0.380. The van der Waals surface area contributed by atoms with E-state index in [9.17, 15) is 13.6 Å². The van der Waals surface area contributed by atoms with Crippen LogP contribution in [0.4, 0.5) is 8.78 Å². The van der Waals surface area contributed by atoms with Crippen LogP contribution >= 0.6 is 0 Å². The van der Waals surface area contributed by atoms with E-state index in [2.05, 4.69) is 11.9 Å². The molecule has 2 aromatic rings. The van der Waals surface area contributed by atoms with Gasteiger partial charge in [0.25, 0.3) is 0 Å². The van der Waals surface area contributed by atoms with E-state index in [1.807, 2.05) is 0 Å². The number of carbonyl (C=O) groups is 1. The lowest BCUT2D eigenvalue weighted by molar-refractivity contribution is 0.0686. The Morgan fingerprint density at radius 1 is 1.08 bits per heavy atom. The fraction of sp³-hybridized carbons (Fsp3) is 0.450. The maximum atomic E-state index is 14.7. The minimum atomic E-state index is -1.40. The first kappa shape index (κ1) is 19.2. The molecule has 5 heteroatoms. The number of hydrogen-bond donors (Lipinski definition) is 2. The summed E-state index contributed by atoms with van der Waals surface area (Å²) in [6.07, 6.45) is 8.72. The second kappa shape index (κ2) is 9.35. The van der Waals surface area contributed by atoms with Crippen molar-refractivity contribution >= 4 is 5.97 Å². The fourth-order valence-electron chi connectivity index (χ4n) is 2.98. The smallest absolute Gasteiger partial charge is 0.355 e. The molecule has 2 N–H and O–H groups in total. The van der Waals surface area contributed by atoms with Crippen molar-refractivity contribution in [3.05, 3.63) is 47.2 Å². The molecule has 1 heterocycles. The zero-order valence-electron chi connectivity index (χ0n) is 14.6. The van der Waals surface area contributed by atoms with Gasteiger partial charge in [0.15, 0.2) is 11.5 Å². The minimum absolute atomic E-state index is 0.147. The summed E-state index contributed by atoms with van der Waals surface area (Å²) in [7, 11) is 0. The van der Waals surface area contributed by atoms with Crippen molar-refractivity contribution in [2.24, 2.45) is 0 Å². The summed E-state index contributed by atoms with van der Waals surface area (Å²) in [6.45, 7) is 2.19. The number of aromatic carboxylic acids is 1. The van der Waals surface area contributed by atoms with Gasteiger partial charge in [0.05, 0.1) is 5.69 Å². The Morgan fingerprint density at radius 3 is 2.40 bits per heavy atom. The monoisotopic (exact) mass is 349 g/mol. The molecule has 0 saturated carbocycles. The van der Waals surface area contributed by atoms with Crippen molar-refractivity contribution in [2.45, 2.75) is 58.3 Å². The Hall–Kier alpha value is -2.17. The van der Waals surface area contributed by atoms with E-state index in [-0.39, 0.29) is 11.3 Å². The largest absolute Gasteiger partial charge is 0.476 e. The van der Waals surface area contributed by atoms with E-state index in [1.54, 1.807) is 12.1 Å². The van der Waals surface area contributed by atoms with Crippen LogP contribution in [0.5, 0.6) is 0 Å². The van der Waals surface area contributed by atoms with Gasteiger partial charge < -0.3 is 10.1 Å². The zero-order valence-corrected chi connectivity index (χ0v) is 14.6. The predicted molar refractivity (Wildman–Crippen MR) is 94.8 cm³/mol. The molecule has 136 valence electrons. The number of aromatic amines is 1. The molecule has 0 aliphatic rings. The van der Waals surface area contributed by atoms with Gasteiger partial charge in [-0.1, -0.05) is 57.6 Å². The zero-order chi connectivity index (χ0) is 18.2. The second-order valence-electron chi connectivity index (χ2n) is 6.36. The van der Waals surface area contributed by atoms with E-state index >= 15 is 0 Å². The van der Waals surface area contributed by atoms with Crippen molar-refractivity contribution in [3.8, 4) is 11.3 Å². The molecule has 0 atom stereocenters. The summed E-state index contributed by atoms with van der Waals surface area (Å²) >= 11 is 0. The van der Waals surface area contributed by atoms with Gasteiger partial charge in [0, 0.05) is 11.6 Å². The SMILES string of the molecule is CCCCCCCCCc1cccc(-c2cc(F)c(C(=O)O)[nH]2)c1F. The quantitative estimate of drug-likeness (QED) is 0.521. The molecule has 0 saturated heterocycles. The number of rotatable bonds is 10. The Kier molecular flexibility index (Phi) is 7.16. The Morgan fingerprint density at radius 2 is 1.76 bits per heavy atom. The lowest BCUT2D eigenvalue weighted by Crippen LogP contribution is -1.99. The molecule has 3 nitrogen and oxygen atoms in total. The predicted octanol–water partition coefficient (Wildman–Crippen LogP) is 5.95. The van der Waals surface area contributed by atoms with Crippen molar-refractivity contribution < 1.29 is 18.7 Å². The number of carboxylic acid groups (broad SMARTS) is 1. The molecular weight excluding hydrogens is 324 g/mol. The molecule has 0 spiro atoms. The average molecular weight is 349 g/mol. The highest BCUT2D eigenvalue weighted by atomic mass is 19.1. The highest BCUT2D eigenvalue weighted by Gasteiger charge is 2.18. The number of nitrogens with one attached hydrogen (secondary N) is 1. The van der Waals surface area contributed by atoms with E-state index in [4.69, 9.17) is 5.11 Å². The van der Waals surface area contributed by atoms with Gasteiger partial charge in [-0.3, -0.25) is 0 Å². The maximum Gasteiger partial charge on any atom is 0.355 e. The molecular formula is C20H25F2NO2. The molecule has 0 radical (unpaired) electrons. The lowest BCUT2D eigenvalue weighted by Gasteiger charge is -2.07. The van der Waals surface area contributed by atoms with E-state index in [0.717, 1.165) is 25.3 Å². The first-order valence-corrected chi connectivity index (χ1v) is 8.94. The third-order valence-electron chi connectivity index (χ3n) is 4.40. The van der Waals surface area contributed by atoms with Crippen LogP contribution in [0.15, 0.2) is 24.3 Å². The van der Waals surface area contributed by atoms with Gasteiger partial charge in [-0.25, -0.2) is 13.6 Å². The maximum absolute atomic E-state index is 14.7. The van der Waals surface area contributed by atoms with Crippen molar-refractivity contribution in [3.63, 3.8) is 0 Å². The molecule has 25 heavy (non-hydrogen) atoms. The number of aromatic nitrogens is 1. The van der Waals surface area contributed by atoms with Crippen LogP contribution in [0.1, 0.15) is 67.9 Å². The fourth-order valence-corrected chi connectivity index (χ4v) is 2.98. The molecule has 0 aliphatic carbocycles. The average Bonchev–Trinajstić information content (AvgIpc) is 2.97. The molecule has 1 aromatic heterocycles. The summed E-state index contributed by atoms with van der Waals surface area (Å²) in [5, 5.41) is 8.91. The summed E-state index contributed by atoms with van der Waals surface area (Å²) in [5.74, 6) is -2.70. The van der Waals surface area contributed by atoms with Crippen molar-refractivity contribution in [1.82, 2.24) is 4.98 Å². The van der Waals surface area contributed by atoms with Gasteiger partial charge in [0.2, 0.25) is 0 Å². The standard InChI is InChI=1S/C20H25F2NO2/c1-2-3-4-5-6-7-8-10-14-11-9-12-15(18(14)22)17-13-16(21)19(23-17)20(24)25/h9,11-13,23H,2-8,10H2,1H3,(H,24,25). The first-order valence-electron chi connectivity index (χ1n) is 8.94. The number of carboxylic acids is 1. The highest BCUT2D eigenvalue weighted by molar-refractivity contribution is 5.87. The normalized spacial score (nSPS) is 11.0. The Labute approximate surface area is 147 Å². The first-order chi connectivity index (χ1) is 12.0. The molecule has 0 fully saturated rings. The molecule has 0 aliphatic heterocycles. The minimum Gasteiger partial charge on any atom is -0.476 e. The number of H-pyrrole nitrogens is 1. The third-order valence-corrected chi connectivity index (χ3v) is 4.40. The number of aryl methyl sites for hydroxylation is 1. The summed E-state index contributed by atoms with van der Waals surface area (Å²) < 4.78 is 28.3. The van der Waals surface area contributed by atoms with Gasteiger partial charge in [-0.05, 0) is 24.5 Å². The number of halogens is 2. The van der Waals surface area contributed by atoms with Crippen LogP contribution in [0.25, 0.3) is 11.3 Å². The number of hydrogen-bond acceptors (Lipinski definition) is 1.